The van der Waals surface area contributed by atoms with Crippen LogP contribution in [-0.2, 0) is 11.0 Å². The number of ketones is 1. The Hall–Kier alpha value is -2.71. The van der Waals surface area contributed by atoms with Crippen molar-refractivity contribution >= 4 is 18.6 Å². The summed E-state index contributed by atoms with van der Waals surface area (Å²) < 4.78 is 54.2. The van der Waals surface area contributed by atoms with Crippen LogP contribution in [0.15, 0.2) is 36.3 Å². The number of halogens is 4. The standard InChI is InChI=1S/C14H18FNO3.C7H6BF3.C4H10/c1-4-8-16(10(2)17)9-13(18)11-6-5-7-12(15)14(11)19-3;1-5-2-3-6(8-4-5)7(9,10)11;1-4(2)3/h5-7H,4,8-9H2,1-3H3;2-4H,1H3;4H,1-3H3. The molecule has 0 unspecified atom stereocenters. The van der Waals surface area contributed by atoms with Gasteiger partial charge < -0.3 is 9.64 Å². The van der Waals surface area contributed by atoms with Crippen molar-refractivity contribution in [3.8, 4) is 5.75 Å². The number of hydrogen-bond donors (Lipinski definition) is 0. The summed E-state index contributed by atoms with van der Waals surface area (Å²) in [5.74, 6) is 1.11. The minimum atomic E-state index is -4.21. The molecule has 1 amide bonds. The first-order valence-corrected chi connectivity index (χ1v) is 11.0. The van der Waals surface area contributed by atoms with Crippen molar-refractivity contribution in [1.29, 1.82) is 0 Å². The van der Waals surface area contributed by atoms with Crippen molar-refractivity contribution < 1.29 is 31.9 Å². The molecular formula is C25H34BF4NO3. The summed E-state index contributed by atoms with van der Waals surface area (Å²) in [5.41, 5.74) is 0.394. The van der Waals surface area contributed by atoms with Crippen molar-refractivity contribution in [3.63, 3.8) is 0 Å². The van der Waals surface area contributed by atoms with E-state index >= 15 is 0 Å². The van der Waals surface area contributed by atoms with Gasteiger partial charge in [0, 0.05) is 13.5 Å². The molecule has 0 saturated heterocycles. The zero-order valence-corrected chi connectivity index (χ0v) is 20.9. The molecule has 0 N–H and O–H groups in total. The summed E-state index contributed by atoms with van der Waals surface area (Å²) in [6, 6.07) is 6.69. The number of alkyl halides is 3. The van der Waals surface area contributed by atoms with Crippen LogP contribution in [0.2, 0.25) is 0 Å². The van der Waals surface area contributed by atoms with Gasteiger partial charge in [-0.3, -0.25) is 9.59 Å². The summed E-state index contributed by atoms with van der Waals surface area (Å²) in [5, 5.41) is 0. The topological polar surface area (TPSA) is 46.6 Å². The maximum atomic E-state index is 13.5. The number of aryl methyl sites for hydroxylation is 1. The van der Waals surface area contributed by atoms with Crippen LogP contribution in [0.25, 0.3) is 0 Å². The Morgan fingerprint density at radius 2 is 1.71 bits per heavy atom. The molecule has 0 bridgehead atoms. The predicted octanol–water partition coefficient (Wildman–Crippen LogP) is 6.29. The fourth-order valence-corrected chi connectivity index (χ4v) is 2.55. The first-order chi connectivity index (χ1) is 15.7. The summed E-state index contributed by atoms with van der Waals surface area (Å²) in [4.78, 5) is 25.0. The Balaban J connectivity index is 0.000000609. The van der Waals surface area contributed by atoms with E-state index in [1.807, 2.05) is 6.92 Å². The van der Waals surface area contributed by atoms with Crippen LogP contribution in [-0.4, -0.2) is 43.7 Å². The quantitative estimate of drug-likeness (QED) is 0.359. The molecule has 1 heterocycles. The SMILES string of the molecule is CC(C)C.CCCN(CC(=O)c1cccc(F)c1OC)C(C)=O.Cc1cbc(C(F)(F)F)cc1. The molecule has 0 atom stereocenters. The van der Waals surface area contributed by atoms with Crippen molar-refractivity contribution in [3.05, 3.63) is 58.7 Å². The number of ether oxygens (including phenoxy) is 1. The molecule has 188 valence electrons. The van der Waals surface area contributed by atoms with Crippen LogP contribution in [0.4, 0.5) is 17.6 Å². The van der Waals surface area contributed by atoms with E-state index in [0.717, 1.165) is 30.9 Å². The number of carbonyl (C=O) groups is 2. The molecule has 0 fully saturated rings. The van der Waals surface area contributed by atoms with Crippen LogP contribution >= 0.6 is 0 Å². The third-order valence-electron chi connectivity index (χ3n) is 4.12. The van der Waals surface area contributed by atoms with E-state index in [9.17, 15) is 27.2 Å². The second-order valence-electron chi connectivity index (χ2n) is 8.28. The molecule has 2 rings (SSSR count). The van der Waals surface area contributed by atoms with Crippen molar-refractivity contribution in [2.24, 2.45) is 5.92 Å². The van der Waals surface area contributed by atoms with Crippen LogP contribution in [0.3, 0.4) is 0 Å². The summed E-state index contributed by atoms with van der Waals surface area (Å²) in [7, 11) is 1.31. The Morgan fingerprint density at radius 1 is 1.12 bits per heavy atom. The molecule has 4 nitrogen and oxygen atoms in total. The number of methoxy groups -OCH3 is 1. The number of benzene rings is 1. The number of hydrogen-bond acceptors (Lipinski definition) is 3. The number of rotatable bonds is 6. The Morgan fingerprint density at radius 3 is 2.12 bits per heavy atom. The fraction of sp³-hybridized carbons (Fsp3) is 0.480. The maximum absolute atomic E-state index is 13.5. The normalized spacial score (nSPS) is 10.4. The van der Waals surface area contributed by atoms with Crippen molar-refractivity contribution in [1.82, 2.24) is 4.90 Å². The van der Waals surface area contributed by atoms with Gasteiger partial charge in [-0.25, -0.2) is 4.39 Å². The summed E-state index contributed by atoms with van der Waals surface area (Å²) in [6.07, 6.45) is -3.46. The number of carbonyl (C=O) groups excluding carboxylic acids is 2. The van der Waals surface area contributed by atoms with Crippen molar-refractivity contribution in [2.45, 2.75) is 54.1 Å². The van der Waals surface area contributed by atoms with Gasteiger partial charge in [0.2, 0.25) is 5.91 Å². The van der Waals surface area contributed by atoms with Crippen LogP contribution in [0, 0.1) is 18.7 Å². The van der Waals surface area contributed by atoms with Gasteiger partial charge in [-0.2, -0.15) is 0 Å². The van der Waals surface area contributed by atoms with Gasteiger partial charge in [0.25, 0.3) is 0 Å². The fourth-order valence-electron chi connectivity index (χ4n) is 2.55. The number of amides is 1. The van der Waals surface area contributed by atoms with Crippen molar-refractivity contribution in [2.75, 3.05) is 20.2 Å². The van der Waals surface area contributed by atoms with Gasteiger partial charge in [-0.1, -0.05) is 33.8 Å². The van der Waals surface area contributed by atoms with E-state index in [2.05, 4.69) is 20.8 Å². The van der Waals surface area contributed by atoms with E-state index in [-0.39, 0.29) is 29.5 Å². The zero-order chi connectivity index (χ0) is 26.5. The first-order valence-electron chi connectivity index (χ1n) is 11.0. The van der Waals surface area contributed by atoms with E-state index in [1.165, 1.54) is 49.2 Å². The van der Waals surface area contributed by atoms with Gasteiger partial charge in [-0.15, -0.1) is 0 Å². The Labute approximate surface area is 200 Å². The molecular weight excluding hydrogens is 449 g/mol. The second-order valence-corrected chi connectivity index (χ2v) is 8.28. The Kier molecular flexibility index (Phi) is 14.0. The van der Waals surface area contributed by atoms with Gasteiger partial charge in [0.05, 0.1) is 19.2 Å². The average molecular weight is 483 g/mol. The Bertz CT molecular complexity index is 897. The van der Waals surface area contributed by atoms with Gasteiger partial charge in [0.1, 0.15) is 0 Å². The number of Topliss-reactive ketones (excluding diaryl/α,β-unsaturated/α-hetero) is 1. The van der Waals surface area contributed by atoms with Crippen LogP contribution < -0.4 is 4.74 Å². The third kappa shape index (κ3) is 12.0. The molecule has 0 aliphatic rings. The summed E-state index contributed by atoms with van der Waals surface area (Å²) >= 11 is 0. The third-order valence-corrected chi connectivity index (χ3v) is 4.12. The van der Waals surface area contributed by atoms with Crippen LogP contribution in [0.5, 0.6) is 5.75 Å². The molecule has 1 aromatic carbocycles. The van der Waals surface area contributed by atoms with E-state index < -0.39 is 17.5 Å². The molecule has 9 heteroatoms. The monoisotopic (exact) mass is 483 g/mol. The van der Waals surface area contributed by atoms with Gasteiger partial charge in [0.15, 0.2) is 17.3 Å². The second kappa shape index (κ2) is 15.2. The molecule has 0 radical (unpaired) electrons. The van der Waals surface area contributed by atoms with Crippen LogP contribution in [0.1, 0.15) is 62.4 Å². The van der Waals surface area contributed by atoms with Gasteiger partial charge in [-0.05, 0) is 24.5 Å². The van der Waals surface area contributed by atoms with E-state index in [4.69, 9.17) is 4.74 Å². The molecule has 1 aromatic heterocycles. The van der Waals surface area contributed by atoms with E-state index in [0.29, 0.717) is 6.54 Å². The minimum absolute atomic E-state index is 0.0665. The molecule has 0 aliphatic heterocycles. The molecule has 0 aliphatic carbocycles. The number of nitrogens with zero attached hydrogens (tertiary/aromatic N) is 1. The molecule has 2 aromatic rings. The summed E-state index contributed by atoms with van der Waals surface area (Å²) in [6.45, 7) is 13.1. The zero-order valence-electron chi connectivity index (χ0n) is 20.9. The predicted molar refractivity (Wildman–Crippen MR) is 128 cm³/mol. The number of para-hydroxylation sites is 1. The molecule has 0 spiro atoms. The molecule has 34 heavy (non-hydrogen) atoms. The van der Waals surface area contributed by atoms with Gasteiger partial charge >= 0.3 is 62.3 Å². The van der Waals surface area contributed by atoms with E-state index in [1.54, 1.807) is 6.92 Å². The first kappa shape index (κ1) is 31.3. The molecule has 0 saturated carbocycles. The average Bonchev–Trinajstić information content (AvgIpc) is 2.72.